The molecule has 2 fully saturated rings. The fourth-order valence-electron chi connectivity index (χ4n) is 4.31. The van der Waals surface area contributed by atoms with E-state index in [1.807, 2.05) is 42.9 Å². The summed E-state index contributed by atoms with van der Waals surface area (Å²) in [7, 11) is 0. The summed E-state index contributed by atoms with van der Waals surface area (Å²) in [5.74, 6) is 0. The second-order valence-corrected chi connectivity index (χ2v) is 7.81. The maximum atomic E-state index is 5.92. The highest BCUT2D eigenvalue weighted by atomic mass is 32.1. The summed E-state index contributed by atoms with van der Waals surface area (Å²) in [6.45, 7) is 1.61. The summed E-state index contributed by atoms with van der Waals surface area (Å²) in [6, 6.07) is 14.3. The fourth-order valence-corrected chi connectivity index (χ4v) is 4.62. The molecule has 2 aliphatic heterocycles. The van der Waals surface area contributed by atoms with Crippen LogP contribution in [-0.2, 0) is 4.74 Å². The summed E-state index contributed by atoms with van der Waals surface area (Å²) in [5, 5.41) is 4.28. The Morgan fingerprint density at radius 3 is 2.76 bits per heavy atom. The number of rotatable bonds is 5. The molecule has 0 aromatic carbocycles. The normalized spacial score (nSPS) is 24.1. The molecule has 2 aliphatic rings. The fraction of sp³-hybridized carbons (Fsp3) is 0.318. The Morgan fingerprint density at radius 2 is 2.00 bits per heavy atom. The van der Waals surface area contributed by atoms with Crippen molar-refractivity contribution in [2.45, 2.75) is 31.0 Å². The van der Waals surface area contributed by atoms with E-state index >= 15 is 0 Å². The number of hydrogen-bond donors (Lipinski definition) is 1. The van der Waals surface area contributed by atoms with Crippen molar-refractivity contribution >= 4 is 17.3 Å². The molecule has 1 N–H and O–H groups in total. The Hall–Kier alpha value is -2.77. The highest BCUT2D eigenvalue weighted by Crippen LogP contribution is 2.40. The van der Waals surface area contributed by atoms with Crippen LogP contribution in [0.4, 0.5) is 0 Å². The maximum absolute atomic E-state index is 5.92. The zero-order valence-corrected chi connectivity index (χ0v) is 16.8. The molecule has 0 aliphatic carbocycles. The van der Waals surface area contributed by atoms with E-state index in [-0.39, 0.29) is 18.2 Å². The van der Waals surface area contributed by atoms with Crippen LogP contribution in [0.25, 0.3) is 5.69 Å². The van der Waals surface area contributed by atoms with Gasteiger partial charge < -0.3 is 19.5 Å². The first-order valence-electron chi connectivity index (χ1n) is 9.98. The molecule has 0 radical (unpaired) electrons. The number of hydrogen-bond acceptors (Lipinski definition) is 4. The van der Waals surface area contributed by atoms with Crippen LogP contribution in [-0.4, -0.2) is 43.8 Å². The van der Waals surface area contributed by atoms with Gasteiger partial charge in [-0.1, -0.05) is 6.07 Å². The molecule has 0 unspecified atom stereocenters. The van der Waals surface area contributed by atoms with E-state index < -0.39 is 0 Å². The smallest absolute Gasteiger partial charge is 0.170 e. The molecule has 148 valence electrons. The number of nitrogens with one attached hydrogen (secondary N) is 1. The van der Waals surface area contributed by atoms with E-state index in [2.05, 4.69) is 49.1 Å². The van der Waals surface area contributed by atoms with Crippen molar-refractivity contribution in [3.63, 3.8) is 0 Å². The minimum Gasteiger partial charge on any atom is -0.376 e. The topological polar surface area (TPSA) is 55.2 Å². The largest absolute Gasteiger partial charge is 0.376 e. The first-order valence-corrected chi connectivity index (χ1v) is 10.4. The number of pyridine rings is 2. The molecule has 2 saturated heterocycles. The van der Waals surface area contributed by atoms with Crippen LogP contribution >= 0.6 is 12.2 Å². The van der Waals surface area contributed by atoms with Gasteiger partial charge in [-0.2, -0.15) is 0 Å². The number of ether oxygens (including phenoxy) is 1. The third-order valence-corrected chi connectivity index (χ3v) is 6.00. The van der Waals surface area contributed by atoms with Gasteiger partial charge in [0, 0.05) is 49.3 Å². The summed E-state index contributed by atoms with van der Waals surface area (Å²) in [6.07, 6.45) is 9.96. The van der Waals surface area contributed by atoms with Crippen molar-refractivity contribution in [1.29, 1.82) is 0 Å². The van der Waals surface area contributed by atoms with Crippen molar-refractivity contribution in [3.8, 4) is 5.69 Å². The van der Waals surface area contributed by atoms with Crippen LogP contribution in [0.5, 0.6) is 0 Å². The van der Waals surface area contributed by atoms with Gasteiger partial charge in [0.25, 0.3) is 0 Å². The van der Waals surface area contributed by atoms with E-state index in [4.69, 9.17) is 17.0 Å². The quantitative estimate of drug-likeness (QED) is 0.657. The van der Waals surface area contributed by atoms with Crippen LogP contribution in [0, 0.1) is 0 Å². The van der Waals surface area contributed by atoms with E-state index in [1.165, 1.54) is 0 Å². The van der Waals surface area contributed by atoms with E-state index in [1.54, 1.807) is 0 Å². The van der Waals surface area contributed by atoms with Gasteiger partial charge in [0.2, 0.25) is 0 Å². The Bertz CT molecular complexity index is 971. The molecule has 5 heterocycles. The first-order chi connectivity index (χ1) is 14.3. The average Bonchev–Trinajstić information content (AvgIpc) is 3.51. The van der Waals surface area contributed by atoms with Crippen LogP contribution < -0.4 is 5.32 Å². The minimum absolute atomic E-state index is 0.0183. The van der Waals surface area contributed by atoms with Crippen molar-refractivity contribution in [2.75, 3.05) is 13.2 Å². The van der Waals surface area contributed by atoms with Crippen molar-refractivity contribution < 1.29 is 4.74 Å². The van der Waals surface area contributed by atoms with E-state index in [0.717, 1.165) is 48.2 Å². The van der Waals surface area contributed by atoms with Gasteiger partial charge in [-0.3, -0.25) is 9.97 Å². The average molecular weight is 406 g/mol. The Labute approximate surface area is 175 Å². The van der Waals surface area contributed by atoms with Crippen LogP contribution in [0.2, 0.25) is 0 Å². The lowest BCUT2D eigenvalue weighted by Crippen LogP contribution is -2.36. The zero-order valence-electron chi connectivity index (χ0n) is 16.0. The van der Waals surface area contributed by atoms with Gasteiger partial charge in [-0.25, -0.2) is 0 Å². The van der Waals surface area contributed by atoms with Crippen molar-refractivity contribution in [3.05, 3.63) is 78.6 Å². The van der Waals surface area contributed by atoms with Crippen LogP contribution in [0.1, 0.15) is 36.3 Å². The van der Waals surface area contributed by atoms with Gasteiger partial charge in [-0.05, 0) is 61.5 Å². The molecule has 5 rings (SSSR count). The molecule has 0 bridgehead atoms. The molecule has 29 heavy (non-hydrogen) atoms. The van der Waals surface area contributed by atoms with E-state index in [9.17, 15) is 0 Å². The molecule has 0 saturated carbocycles. The number of thiocarbonyl (C=S) groups is 1. The molecule has 3 atom stereocenters. The molecular formula is C22H23N5OS. The highest BCUT2D eigenvalue weighted by molar-refractivity contribution is 7.80. The molecule has 7 heteroatoms. The van der Waals surface area contributed by atoms with Gasteiger partial charge in [0.1, 0.15) is 0 Å². The van der Waals surface area contributed by atoms with Gasteiger partial charge in [0.15, 0.2) is 5.11 Å². The number of nitrogens with zero attached hydrogens (tertiary/aromatic N) is 4. The summed E-state index contributed by atoms with van der Waals surface area (Å²) in [4.78, 5) is 11.1. The standard InChI is InChI=1S/C22H23N5OS/c29-22-25-20(18-6-1-2-10-24-18)21(27(22)15-17-5-4-14-28-17)19-7-3-13-26(19)16-8-11-23-12-9-16/h1-3,6-13,17,20-21H,4-5,14-15H2,(H,25,29)/t17-,20-,21-/m1/s1. The number of aromatic nitrogens is 3. The summed E-state index contributed by atoms with van der Waals surface area (Å²) in [5.41, 5.74) is 3.23. The highest BCUT2D eigenvalue weighted by Gasteiger charge is 2.42. The predicted molar refractivity (Wildman–Crippen MR) is 115 cm³/mol. The SMILES string of the molecule is S=C1N[C@H](c2ccccn2)[C@@H](c2cccn2-c2ccncc2)N1C[C@H]1CCCO1. The second kappa shape index (κ2) is 7.93. The van der Waals surface area contributed by atoms with Crippen molar-refractivity contribution in [2.24, 2.45) is 0 Å². The molecule has 0 amide bonds. The lowest BCUT2D eigenvalue weighted by atomic mass is 10.0. The third kappa shape index (κ3) is 3.52. The first kappa shape index (κ1) is 18.3. The monoisotopic (exact) mass is 405 g/mol. The Morgan fingerprint density at radius 1 is 1.10 bits per heavy atom. The maximum Gasteiger partial charge on any atom is 0.170 e. The van der Waals surface area contributed by atoms with Crippen LogP contribution in [0.15, 0.2) is 67.3 Å². The minimum atomic E-state index is -0.0272. The van der Waals surface area contributed by atoms with Gasteiger partial charge >= 0.3 is 0 Å². The zero-order chi connectivity index (χ0) is 19.6. The molecule has 3 aromatic heterocycles. The molecular weight excluding hydrogens is 382 g/mol. The predicted octanol–water partition coefficient (Wildman–Crippen LogP) is 3.42. The van der Waals surface area contributed by atoms with Crippen molar-refractivity contribution in [1.82, 2.24) is 24.8 Å². The van der Waals surface area contributed by atoms with Gasteiger partial charge in [-0.15, -0.1) is 0 Å². The summed E-state index contributed by atoms with van der Waals surface area (Å²) >= 11 is 5.78. The third-order valence-electron chi connectivity index (χ3n) is 5.65. The second-order valence-electron chi connectivity index (χ2n) is 7.42. The van der Waals surface area contributed by atoms with E-state index in [0.29, 0.717) is 0 Å². The lowest BCUT2D eigenvalue weighted by molar-refractivity contribution is 0.0836. The van der Waals surface area contributed by atoms with Crippen LogP contribution in [0.3, 0.4) is 0 Å². The molecule has 0 spiro atoms. The van der Waals surface area contributed by atoms with Gasteiger partial charge in [0.05, 0.1) is 23.9 Å². The molecule has 6 nitrogen and oxygen atoms in total. The lowest BCUT2D eigenvalue weighted by Gasteiger charge is -2.30. The molecule has 3 aromatic rings. The Balaban J connectivity index is 1.57. The Kier molecular flexibility index (Phi) is 4.99. The summed E-state index contributed by atoms with van der Waals surface area (Å²) < 4.78 is 8.13.